The molecule has 0 heterocycles. The smallest absolute Gasteiger partial charge is 0.279 e. The molecule has 1 unspecified atom stereocenters. The van der Waals surface area contributed by atoms with E-state index in [1.54, 1.807) is 12.1 Å². The van der Waals surface area contributed by atoms with Crippen LogP contribution in [0, 0.1) is 12.7 Å². The van der Waals surface area contributed by atoms with Crippen LogP contribution in [0.5, 0.6) is 11.5 Å². The van der Waals surface area contributed by atoms with Gasteiger partial charge in [0.25, 0.3) is 11.8 Å². The van der Waals surface area contributed by atoms with E-state index in [-0.39, 0.29) is 6.61 Å². The van der Waals surface area contributed by atoms with Crippen molar-refractivity contribution in [2.24, 2.45) is 0 Å². The standard InChI is InChI=1S/C18H19FN2O4/c1-12-5-3-4-6-16(12)24-11-17(22)20-21-18(23)13(2)25-15-9-7-14(19)8-10-15/h3-10,13H,11H2,1-2H3,(H,20,22)(H,21,23). The summed E-state index contributed by atoms with van der Waals surface area (Å²) in [6.07, 6.45) is -0.872. The van der Waals surface area contributed by atoms with Crippen LogP contribution in [0.1, 0.15) is 12.5 Å². The van der Waals surface area contributed by atoms with Gasteiger partial charge in [0.15, 0.2) is 12.7 Å². The van der Waals surface area contributed by atoms with Gasteiger partial charge in [0, 0.05) is 0 Å². The SMILES string of the molecule is Cc1ccccc1OCC(=O)NNC(=O)C(C)Oc1ccc(F)cc1. The lowest BCUT2D eigenvalue weighted by Gasteiger charge is -2.15. The Kier molecular flexibility index (Phi) is 6.33. The molecule has 0 bridgehead atoms. The maximum absolute atomic E-state index is 12.8. The number of hydrazine groups is 1. The van der Waals surface area contributed by atoms with E-state index in [1.807, 2.05) is 19.1 Å². The van der Waals surface area contributed by atoms with E-state index in [2.05, 4.69) is 10.9 Å². The van der Waals surface area contributed by atoms with Crippen LogP contribution in [-0.4, -0.2) is 24.5 Å². The fourth-order valence-electron chi connectivity index (χ4n) is 1.90. The summed E-state index contributed by atoms with van der Waals surface area (Å²) in [6, 6.07) is 12.6. The fraction of sp³-hybridized carbons (Fsp3) is 0.222. The van der Waals surface area contributed by atoms with Crippen LogP contribution in [0.4, 0.5) is 4.39 Å². The number of aryl methyl sites for hydroxylation is 1. The van der Waals surface area contributed by atoms with Gasteiger partial charge >= 0.3 is 0 Å². The Morgan fingerprint density at radius 1 is 1.08 bits per heavy atom. The minimum Gasteiger partial charge on any atom is -0.483 e. The lowest BCUT2D eigenvalue weighted by atomic mass is 10.2. The van der Waals surface area contributed by atoms with Gasteiger partial charge in [0.1, 0.15) is 17.3 Å². The normalized spacial score (nSPS) is 11.3. The highest BCUT2D eigenvalue weighted by Gasteiger charge is 2.15. The lowest BCUT2D eigenvalue weighted by Crippen LogP contribution is -2.48. The number of rotatable bonds is 6. The van der Waals surface area contributed by atoms with Crippen molar-refractivity contribution in [3.63, 3.8) is 0 Å². The first-order chi connectivity index (χ1) is 12.0. The molecule has 6 nitrogen and oxygen atoms in total. The largest absolute Gasteiger partial charge is 0.483 e. The number of ether oxygens (including phenoxy) is 2. The second-order valence-corrected chi connectivity index (χ2v) is 5.31. The molecule has 0 aromatic heterocycles. The molecule has 0 aliphatic carbocycles. The summed E-state index contributed by atoms with van der Waals surface area (Å²) in [5.41, 5.74) is 5.40. The monoisotopic (exact) mass is 346 g/mol. The van der Waals surface area contributed by atoms with E-state index in [9.17, 15) is 14.0 Å². The van der Waals surface area contributed by atoms with Gasteiger partial charge in [-0.25, -0.2) is 4.39 Å². The Morgan fingerprint density at radius 2 is 1.76 bits per heavy atom. The third-order valence-corrected chi connectivity index (χ3v) is 3.27. The summed E-state index contributed by atoms with van der Waals surface area (Å²) < 4.78 is 23.5. The molecule has 0 saturated heterocycles. The number of amides is 2. The molecule has 2 aromatic rings. The van der Waals surface area contributed by atoms with E-state index in [0.717, 1.165) is 5.56 Å². The van der Waals surface area contributed by atoms with Crippen LogP contribution in [0.25, 0.3) is 0 Å². The van der Waals surface area contributed by atoms with E-state index in [1.165, 1.54) is 31.2 Å². The highest BCUT2D eigenvalue weighted by atomic mass is 19.1. The molecule has 0 radical (unpaired) electrons. The summed E-state index contributed by atoms with van der Waals surface area (Å²) >= 11 is 0. The Labute approximate surface area is 144 Å². The zero-order valence-electron chi connectivity index (χ0n) is 13.9. The van der Waals surface area contributed by atoms with Crippen LogP contribution >= 0.6 is 0 Å². The van der Waals surface area contributed by atoms with Gasteiger partial charge in [-0.15, -0.1) is 0 Å². The molecule has 0 saturated carbocycles. The zero-order chi connectivity index (χ0) is 18.2. The Bertz CT molecular complexity index is 734. The highest BCUT2D eigenvalue weighted by Crippen LogP contribution is 2.15. The molecule has 1 atom stereocenters. The van der Waals surface area contributed by atoms with Crippen molar-refractivity contribution in [3.05, 3.63) is 59.9 Å². The Hall–Kier alpha value is -3.09. The average Bonchev–Trinajstić information content (AvgIpc) is 2.60. The molecule has 0 spiro atoms. The van der Waals surface area contributed by atoms with E-state index < -0.39 is 23.7 Å². The van der Waals surface area contributed by atoms with Crippen molar-refractivity contribution in [3.8, 4) is 11.5 Å². The number of carbonyl (C=O) groups is 2. The summed E-state index contributed by atoms with van der Waals surface area (Å²) in [6.45, 7) is 3.14. The van der Waals surface area contributed by atoms with Crippen LogP contribution in [-0.2, 0) is 9.59 Å². The van der Waals surface area contributed by atoms with E-state index in [0.29, 0.717) is 11.5 Å². The first-order valence-corrected chi connectivity index (χ1v) is 7.65. The molecular weight excluding hydrogens is 327 g/mol. The van der Waals surface area contributed by atoms with Gasteiger partial charge in [-0.3, -0.25) is 20.4 Å². The number of carbonyl (C=O) groups excluding carboxylic acids is 2. The van der Waals surface area contributed by atoms with Crippen molar-refractivity contribution < 1.29 is 23.5 Å². The van der Waals surface area contributed by atoms with Gasteiger partial charge < -0.3 is 9.47 Å². The zero-order valence-corrected chi connectivity index (χ0v) is 13.9. The van der Waals surface area contributed by atoms with E-state index in [4.69, 9.17) is 9.47 Å². The molecule has 2 amide bonds. The summed E-state index contributed by atoms with van der Waals surface area (Å²) in [4.78, 5) is 23.6. The molecule has 0 aliphatic rings. The fourth-order valence-corrected chi connectivity index (χ4v) is 1.90. The predicted molar refractivity (Wildman–Crippen MR) is 89.4 cm³/mol. The van der Waals surface area contributed by atoms with Gasteiger partial charge in [0.05, 0.1) is 0 Å². The lowest BCUT2D eigenvalue weighted by molar-refractivity contribution is -0.133. The Balaban J connectivity index is 1.74. The first kappa shape index (κ1) is 18.3. The number of benzene rings is 2. The van der Waals surface area contributed by atoms with Gasteiger partial charge in [-0.1, -0.05) is 18.2 Å². The second kappa shape index (κ2) is 8.68. The topological polar surface area (TPSA) is 76.7 Å². The third-order valence-electron chi connectivity index (χ3n) is 3.27. The molecule has 2 aromatic carbocycles. The van der Waals surface area contributed by atoms with E-state index >= 15 is 0 Å². The van der Waals surface area contributed by atoms with Gasteiger partial charge in [-0.2, -0.15) is 0 Å². The minimum atomic E-state index is -0.872. The third kappa shape index (κ3) is 5.80. The number of halogens is 1. The second-order valence-electron chi connectivity index (χ2n) is 5.31. The first-order valence-electron chi connectivity index (χ1n) is 7.65. The summed E-state index contributed by atoms with van der Waals surface area (Å²) in [7, 11) is 0. The molecule has 2 N–H and O–H groups in total. The highest BCUT2D eigenvalue weighted by molar-refractivity contribution is 5.85. The van der Waals surface area contributed by atoms with Crippen LogP contribution in [0.3, 0.4) is 0 Å². The van der Waals surface area contributed by atoms with Crippen molar-refractivity contribution >= 4 is 11.8 Å². The van der Waals surface area contributed by atoms with Crippen molar-refractivity contribution in [1.82, 2.24) is 10.9 Å². The molecule has 2 rings (SSSR count). The molecule has 0 aliphatic heterocycles. The minimum absolute atomic E-state index is 0.238. The van der Waals surface area contributed by atoms with Crippen molar-refractivity contribution in [2.45, 2.75) is 20.0 Å². The maximum atomic E-state index is 12.8. The van der Waals surface area contributed by atoms with Gasteiger partial charge in [-0.05, 0) is 49.7 Å². The Morgan fingerprint density at radius 3 is 2.44 bits per heavy atom. The summed E-state index contributed by atoms with van der Waals surface area (Å²) in [5.74, 6) is -0.514. The number of nitrogens with one attached hydrogen (secondary N) is 2. The maximum Gasteiger partial charge on any atom is 0.279 e. The van der Waals surface area contributed by atoms with Crippen molar-refractivity contribution in [2.75, 3.05) is 6.61 Å². The van der Waals surface area contributed by atoms with Crippen LogP contribution < -0.4 is 20.3 Å². The molecule has 132 valence electrons. The summed E-state index contributed by atoms with van der Waals surface area (Å²) in [5, 5.41) is 0. The quantitative estimate of drug-likeness (QED) is 0.786. The molecule has 0 fully saturated rings. The molecule has 25 heavy (non-hydrogen) atoms. The van der Waals surface area contributed by atoms with Gasteiger partial charge in [0.2, 0.25) is 0 Å². The molecular formula is C18H19FN2O4. The average molecular weight is 346 g/mol. The van der Waals surface area contributed by atoms with Crippen LogP contribution in [0.15, 0.2) is 48.5 Å². The predicted octanol–water partition coefficient (Wildman–Crippen LogP) is 2.13. The number of hydrogen-bond acceptors (Lipinski definition) is 4. The number of hydrogen-bond donors (Lipinski definition) is 2. The number of para-hydroxylation sites is 1. The van der Waals surface area contributed by atoms with Crippen LogP contribution in [0.2, 0.25) is 0 Å². The van der Waals surface area contributed by atoms with Crippen molar-refractivity contribution in [1.29, 1.82) is 0 Å². The molecule has 7 heteroatoms.